The molecule has 7 nitrogen and oxygen atoms in total. The van der Waals surface area contributed by atoms with Crippen LogP contribution in [0.15, 0.2) is 60.9 Å². The molecule has 172 valence electrons. The normalized spacial score (nSPS) is 12.2. The molecule has 0 aliphatic heterocycles. The molecule has 4 aromatic rings. The van der Waals surface area contributed by atoms with Crippen molar-refractivity contribution in [2.75, 3.05) is 16.3 Å². The first kappa shape index (κ1) is 23.4. The molecule has 2 N–H and O–H groups in total. The quantitative estimate of drug-likeness (QED) is 0.342. The second kappa shape index (κ2) is 9.25. The van der Waals surface area contributed by atoms with Crippen LogP contribution < -0.4 is 10.0 Å². The maximum atomic E-state index is 13.3. The SMILES string of the molecule is CC(Nc1c(C#N)cnc2ccc(-c3cnc(Cl)c(NS(C)(=O)=O)c3)cc12)c1ccc(F)cc1. The van der Waals surface area contributed by atoms with Gasteiger partial charge in [-0.15, -0.1) is 0 Å². The summed E-state index contributed by atoms with van der Waals surface area (Å²) in [5.41, 5.74) is 3.96. The zero-order valence-electron chi connectivity index (χ0n) is 18.2. The molecular weight excluding hydrogens is 477 g/mol. The van der Waals surface area contributed by atoms with Gasteiger partial charge in [0.25, 0.3) is 0 Å². The molecule has 2 aromatic carbocycles. The van der Waals surface area contributed by atoms with Crippen LogP contribution >= 0.6 is 11.6 Å². The predicted octanol–water partition coefficient (Wildman–Crippen LogP) is 5.51. The highest BCUT2D eigenvalue weighted by Crippen LogP contribution is 2.34. The maximum Gasteiger partial charge on any atom is 0.229 e. The van der Waals surface area contributed by atoms with Crippen LogP contribution in [0.2, 0.25) is 5.15 Å². The van der Waals surface area contributed by atoms with Gasteiger partial charge >= 0.3 is 0 Å². The second-order valence-corrected chi connectivity index (χ2v) is 9.85. The van der Waals surface area contributed by atoms with Crippen molar-refractivity contribution in [3.05, 3.63) is 83.0 Å². The first-order valence-corrected chi connectivity index (χ1v) is 12.4. The minimum absolute atomic E-state index is 0.0267. The molecule has 2 aromatic heterocycles. The van der Waals surface area contributed by atoms with Gasteiger partial charge in [0.1, 0.15) is 11.9 Å². The standard InChI is InChI=1S/C24H19ClFN5O2S/c1-14(15-3-6-19(26)7-4-15)30-23-18(11-27)13-28-21-8-5-16(9-20(21)23)17-10-22(24(25)29-12-17)31-34(2,32)33/h3-10,12-14,31H,1-2H3,(H,28,30). The van der Waals surface area contributed by atoms with Crippen LogP contribution in [-0.2, 0) is 10.0 Å². The number of hydrogen-bond acceptors (Lipinski definition) is 6. The van der Waals surface area contributed by atoms with Gasteiger partial charge in [0, 0.05) is 29.4 Å². The summed E-state index contributed by atoms with van der Waals surface area (Å²) in [6.45, 7) is 1.91. The summed E-state index contributed by atoms with van der Waals surface area (Å²) < 4.78 is 39.0. The number of rotatable bonds is 6. The number of aromatic nitrogens is 2. The van der Waals surface area contributed by atoms with Crippen molar-refractivity contribution in [3.8, 4) is 17.2 Å². The van der Waals surface area contributed by atoms with Gasteiger partial charge in [0.2, 0.25) is 10.0 Å². The van der Waals surface area contributed by atoms with Crippen LogP contribution in [0.5, 0.6) is 0 Å². The molecular formula is C24H19ClFN5O2S. The van der Waals surface area contributed by atoms with Crippen molar-refractivity contribution in [2.24, 2.45) is 0 Å². The Bertz CT molecular complexity index is 1540. The number of anilines is 2. The molecule has 1 unspecified atom stereocenters. The van der Waals surface area contributed by atoms with Gasteiger partial charge in [-0.05, 0) is 48.4 Å². The Morgan fingerprint density at radius 2 is 1.79 bits per heavy atom. The third-order valence-corrected chi connectivity index (χ3v) is 6.08. The van der Waals surface area contributed by atoms with E-state index in [2.05, 4.69) is 26.1 Å². The number of nitrogens with zero attached hydrogens (tertiary/aromatic N) is 3. The van der Waals surface area contributed by atoms with Crippen molar-refractivity contribution in [3.63, 3.8) is 0 Å². The van der Waals surface area contributed by atoms with E-state index in [0.717, 1.165) is 17.4 Å². The van der Waals surface area contributed by atoms with Crippen molar-refractivity contribution in [2.45, 2.75) is 13.0 Å². The Morgan fingerprint density at radius 1 is 1.06 bits per heavy atom. The number of pyridine rings is 2. The largest absolute Gasteiger partial charge is 0.377 e. The van der Waals surface area contributed by atoms with Crippen LogP contribution in [0.3, 0.4) is 0 Å². The van der Waals surface area contributed by atoms with Gasteiger partial charge in [-0.25, -0.2) is 17.8 Å². The average molecular weight is 496 g/mol. The predicted molar refractivity (Wildman–Crippen MR) is 132 cm³/mol. The van der Waals surface area contributed by atoms with E-state index in [1.165, 1.54) is 24.5 Å². The summed E-state index contributed by atoms with van der Waals surface area (Å²) in [7, 11) is -3.55. The monoisotopic (exact) mass is 495 g/mol. The Morgan fingerprint density at radius 3 is 2.47 bits per heavy atom. The molecule has 0 amide bonds. The Hall–Kier alpha value is -3.74. The van der Waals surface area contributed by atoms with Crippen LogP contribution in [0.25, 0.3) is 22.0 Å². The highest BCUT2D eigenvalue weighted by molar-refractivity contribution is 7.92. The zero-order chi connectivity index (χ0) is 24.5. The fourth-order valence-corrected chi connectivity index (χ4v) is 4.30. The van der Waals surface area contributed by atoms with Gasteiger partial charge in [-0.1, -0.05) is 29.8 Å². The average Bonchev–Trinajstić information content (AvgIpc) is 2.80. The number of fused-ring (bicyclic) bond motifs is 1. The van der Waals surface area contributed by atoms with E-state index >= 15 is 0 Å². The van der Waals surface area contributed by atoms with E-state index in [4.69, 9.17) is 11.6 Å². The third-order valence-electron chi connectivity index (χ3n) is 5.19. The maximum absolute atomic E-state index is 13.3. The van der Waals surface area contributed by atoms with Gasteiger partial charge in [0.15, 0.2) is 5.15 Å². The summed E-state index contributed by atoms with van der Waals surface area (Å²) in [6, 6.07) is 15.1. The highest BCUT2D eigenvalue weighted by atomic mass is 35.5. The Balaban J connectivity index is 1.80. The van der Waals surface area contributed by atoms with Crippen molar-refractivity contribution < 1.29 is 12.8 Å². The Labute approximate surface area is 201 Å². The lowest BCUT2D eigenvalue weighted by molar-refractivity contribution is 0.606. The van der Waals surface area contributed by atoms with Crippen molar-refractivity contribution in [1.82, 2.24) is 9.97 Å². The summed E-state index contributed by atoms with van der Waals surface area (Å²) in [4.78, 5) is 8.47. The third kappa shape index (κ3) is 5.09. The molecule has 0 spiro atoms. The van der Waals surface area contributed by atoms with E-state index in [-0.39, 0.29) is 22.7 Å². The molecule has 4 rings (SSSR count). The number of hydrogen-bond donors (Lipinski definition) is 2. The molecule has 0 bridgehead atoms. The lowest BCUT2D eigenvalue weighted by Crippen LogP contribution is -2.10. The van der Waals surface area contributed by atoms with Gasteiger partial charge < -0.3 is 5.32 Å². The summed E-state index contributed by atoms with van der Waals surface area (Å²) in [5.74, 6) is -0.325. The topological polar surface area (TPSA) is 108 Å². The van der Waals surface area contributed by atoms with E-state index < -0.39 is 10.0 Å². The van der Waals surface area contributed by atoms with Crippen LogP contribution in [0.4, 0.5) is 15.8 Å². The molecule has 10 heteroatoms. The van der Waals surface area contributed by atoms with E-state index in [1.54, 1.807) is 24.3 Å². The molecule has 0 fully saturated rings. The van der Waals surface area contributed by atoms with Crippen molar-refractivity contribution in [1.29, 1.82) is 5.26 Å². The molecule has 0 saturated carbocycles. The molecule has 2 heterocycles. The Kier molecular flexibility index (Phi) is 6.37. The molecule has 0 aliphatic carbocycles. The lowest BCUT2D eigenvalue weighted by Gasteiger charge is -2.19. The summed E-state index contributed by atoms with van der Waals surface area (Å²) in [5, 5.41) is 13.8. The van der Waals surface area contributed by atoms with E-state index in [1.807, 2.05) is 19.1 Å². The second-order valence-electron chi connectivity index (χ2n) is 7.74. The summed E-state index contributed by atoms with van der Waals surface area (Å²) >= 11 is 6.06. The van der Waals surface area contributed by atoms with Crippen LogP contribution in [-0.4, -0.2) is 24.6 Å². The minimum Gasteiger partial charge on any atom is -0.377 e. The zero-order valence-corrected chi connectivity index (χ0v) is 19.7. The number of sulfonamides is 1. The first-order chi connectivity index (χ1) is 16.1. The van der Waals surface area contributed by atoms with Gasteiger partial charge in [-0.2, -0.15) is 5.26 Å². The number of nitriles is 1. The van der Waals surface area contributed by atoms with Gasteiger partial charge in [-0.3, -0.25) is 9.71 Å². The number of benzene rings is 2. The van der Waals surface area contributed by atoms with Crippen LogP contribution in [0.1, 0.15) is 24.1 Å². The smallest absolute Gasteiger partial charge is 0.229 e. The number of halogens is 2. The molecule has 0 radical (unpaired) electrons. The molecule has 1 atom stereocenters. The number of nitrogens with one attached hydrogen (secondary N) is 2. The lowest BCUT2D eigenvalue weighted by atomic mass is 10.0. The highest BCUT2D eigenvalue weighted by Gasteiger charge is 2.15. The van der Waals surface area contributed by atoms with E-state index in [9.17, 15) is 18.1 Å². The van der Waals surface area contributed by atoms with Crippen LogP contribution in [0, 0.1) is 17.1 Å². The van der Waals surface area contributed by atoms with Crippen molar-refractivity contribution >= 4 is 43.9 Å². The molecule has 0 aliphatic rings. The fraction of sp³-hybridized carbons (Fsp3) is 0.125. The first-order valence-electron chi connectivity index (χ1n) is 10.1. The molecule has 0 saturated heterocycles. The fourth-order valence-electron chi connectivity index (χ4n) is 3.54. The van der Waals surface area contributed by atoms with Gasteiger partial charge in [0.05, 0.1) is 28.7 Å². The minimum atomic E-state index is -3.55. The van der Waals surface area contributed by atoms with E-state index in [0.29, 0.717) is 27.7 Å². The molecule has 34 heavy (non-hydrogen) atoms. The summed E-state index contributed by atoms with van der Waals surface area (Å²) in [6.07, 6.45) is 4.06.